The quantitative estimate of drug-likeness (QED) is 0.556. The molecule has 0 aromatic heterocycles. The average Bonchev–Trinajstić information content (AvgIpc) is 2.24. The number of hydrogen-bond acceptors (Lipinski definition) is 5. The Kier molecular flexibility index (Phi) is 8.46. The molecule has 0 saturated carbocycles. The lowest BCUT2D eigenvalue weighted by Crippen LogP contribution is -2.49. The number of rotatable bonds is 3. The third-order valence-electron chi connectivity index (χ3n) is 2.32. The van der Waals surface area contributed by atoms with Crippen LogP contribution in [0.5, 0.6) is 0 Å². The lowest BCUT2D eigenvalue weighted by Gasteiger charge is -2.33. The van der Waals surface area contributed by atoms with Gasteiger partial charge in [0.05, 0.1) is 18.5 Å². The van der Waals surface area contributed by atoms with Crippen LogP contribution in [0.15, 0.2) is 0 Å². The van der Waals surface area contributed by atoms with E-state index in [9.17, 15) is 0 Å². The first-order valence-corrected chi connectivity index (χ1v) is 5.00. The minimum Gasteiger partial charge on any atom is -0.395 e. The largest absolute Gasteiger partial charge is 0.395 e. The van der Waals surface area contributed by atoms with Gasteiger partial charge in [-0.25, -0.2) is 0 Å². The molecule has 86 valence electrons. The van der Waals surface area contributed by atoms with Gasteiger partial charge in [-0.2, -0.15) is 0 Å². The SMILES string of the molecule is CN1CCN(CC(N)CO)CC1.OCl. The van der Waals surface area contributed by atoms with E-state index in [-0.39, 0.29) is 12.6 Å². The Labute approximate surface area is 90.2 Å². The summed E-state index contributed by atoms with van der Waals surface area (Å²) >= 11 is 3.64. The van der Waals surface area contributed by atoms with Gasteiger partial charge in [0.1, 0.15) is 0 Å². The summed E-state index contributed by atoms with van der Waals surface area (Å²) in [5.41, 5.74) is 5.63. The van der Waals surface area contributed by atoms with Crippen molar-refractivity contribution < 1.29 is 9.77 Å². The lowest BCUT2D eigenvalue weighted by molar-refractivity contribution is 0.134. The highest BCUT2D eigenvalue weighted by Crippen LogP contribution is 1.98. The van der Waals surface area contributed by atoms with Crippen molar-refractivity contribution in [3.8, 4) is 0 Å². The zero-order chi connectivity index (χ0) is 11.0. The molecular weight excluding hydrogens is 206 g/mol. The molecule has 1 aliphatic heterocycles. The maximum atomic E-state index is 8.76. The first-order chi connectivity index (χ1) is 6.72. The van der Waals surface area contributed by atoms with Crippen molar-refractivity contribution in [3.05, 3.63) is 0 Å². The molecule has 1 unspecified atom stereocenters. The van der Waals surface area contributed by atoms with Crippen LogP contribution in [-0.2, 0) is 0 Å². The molecule has 0 amide bonds. The molecule has 0 radical (unpaired) electrons. The molecule has 0 aromatic rings. The van der Waals surface area contributed by atoms with Crippen LogP contribution in [0.3, 0.4) is 0 Å². The van der Waals surface area contributed by atoms with Crippen molar-refractivity contribution in [1.29, 1.82) is 0 Å². The summed E-state index contributed by atoms with van der Waals surface area (Å²) < 4.78 is 6.47. The minimum absolute atomic E-state index is 0.0755. The Morgan fingerprint density at radius 2 is 1.79 bits per heavy atom. The summed E-state index contributed by atoms with van der Waals surface area (Å²) in [5.74, 6) is 0. The van der Waals surface area contributed by atoms with Gasteiger partial charge in [-0.3, -0.25) is 9.56 Å². The summed E-state index contributed by atoms with van der Waals surface area (Å²) in [6.07, 6.45) is 0. The fraction of sp³-hybridized carbons (Fsp3) is 1.00. The van der Waals surface area contributed by atoms with Crippen LogP contribution >= 0.6 is 11.9 Å². The normalized spacial score (nSPS) is 21.2. The van der Waals surface area contributed by atoms with Crippen LogP contribution in [0, 0.1) is 0 Å². The molecule has 0 bridgehead atoms. The van der Waals surface area contributed by atoms with Crippen LogP contribution in [0.25, 0.3) is 0 Å². The molecule has 1 fully saturated rings. The number of piperazine rings is 1. The van der Waals surface area contributed by atoms with Gasteiger partial charge in [0.2, 0.25) is 0 Å². The minimum atomic E-state index is -0.0755. The van der Waals surface area contributed by atoms with Crippen LogP contribution in [-0.4, -0.2) is 72.0 Å². The van der Waals surface area contributed by atoms with Gasteiger partial charge in [0.15, 0.2) is 0 Å². The van der Waals surface area contributed by atoms with E-state index in [0.29, 0.717) is 0 Å². The molecule has 0 spiro atoms. The van der Waals surface area contributed by atoms with Gasteiger partial charge >= 0.3 is 0 Å². The standard InChI is InChI=1S/C8H19N3O.ClHO/c1-10-2-4-11(5-3-10)6-8(9)7-12;1-2/h8,12H,2-7,9H2,1H3;2H. The van der Waals surface area contributed by atoms with Crippen molar-refractivity contribution in [2.45, 2.75) is 6.04 Å². The van der Waals surface area contributed by atoms with E-state index in [1.807, 2.05) is 0 Å². The predicted octanol–water partition coefficient (Wildman–Crippen LogP) is -1.31. The van der Waals surface area contributed by atoms with Crippen molar-refractivity contribution in [2.75, 3.05) is 46.4 Å². The number of halogens is 1. The van der Waals surface area contributed by atoms with Gasteiger partial charge in [-0.05, 0) is 7.05 Å². The van der Waals surface area contributed by atoms with Crippen molar-refractivity contribution >= 4 is 11.9 Å². The van der Waals surface area contributed by atoms with E-state index in [0.717, 1.165) is 32.7 Å². The molecule has 5 nitrogen and oxygen atoms in total. The van der Waals surface area contributed by atoms with E-state index >= 15 is 0 Å². The second-order valence-corrected chi connectivity index (χ2v) is 3.55. The Morgan fingerprint density at radius 3 is 2.21 bits per heavy atom. The summed E-state index contributed by atoms with van der Waals surface area (Å²) in [6, 6.07) is -0.0755. The molecule has 1 rings (SSSR count). The van der Waals surface area contributed by atoms with Crippen LogP contribution in [0.1, 0.15) is 0 Å². The van der Waals surface area contributed by atoms with Gasteiger partial charge in [-0.1, -0.05) is 0 Å². The fourth-order valence-electron chi connectivity index (χ4n) is 1.42. The van der Waals surface area contributed by atoms with E-state index in [1.54, 1.807) is 0 Å². The lowest BCUT2D eigenvalue weighted by atomic mass is 10.2. The first kappa shape index (κ1) is 14.1. The summed E-state index contributed by atoms with van der Waals surface area (Å²) in [7, 11) is 2.13. The molecule has 4 N–H and O–H groups in total. The Morgan fingerprint density at radius 1 is 1.29 bits per heavy atom. The Hall–Kier alpha value is 0.0900. The van der Waals surface area contributed by atoms with Crippen molar-refractivity contribution in [2.24, 2.45) is 5.73 Å². The Bertz CT molecular complexity index is 132. The van der Waals surface area contributed by atoms with Crippen LogP contribution < -0.4 is 5.73 Å². The highest BCUT2D eigenvalue weighted by molar-refractivity contribution is 6.04. The molecule has 14 heavy (non-hydrogen) atoms. The monoisotopic (exact) mass is 225 g/mol. The van der Waals surface area contributed by atoms with Crippen LogP contribution in [0.4, 0.5) is 0 Å². The van der Waals surface area contributed by atoms with E-state index in [1.165, 1.54) is 0 Å². The smallest absolute Gasteiger partial charge is 0.0595 e. The van der Waals surface area contributed by atoms with Gasteiger partial charge in [0.25, 0.3) is 0 Å². The van der Waals surface area contributed by atoms with E-state index < -0.39 is 0 Å². The van der Waals surface area contributed by atoms with Crippen molar-refractivity contribution in [1.82, 2.24) is 9.80 Å². The molecular formula is C8H20ClN3O2. The van der Waals surface area contributed by atoms with Gasteiger partial charge in [-0.15, -0.1) is 0 Å². The second-order valence-electron chi connectivity index (χ2n) is 3.55. The van der Waals surface area contributed by atoms with Crippen molar-refractivity contribution in [3.63, 3.8) is 0 Å². The van der Waals surface area contributed by atoms with E-state index in [4.69, 9.17) is 15.5 Å². The molecule has 1 heterocycles. The molecule has 0 aromatic carbocycles. The zero-order valence-corrected chi connectivity index (χ0v) is 9.32. The summed E-state index contributed by atoms with van der Waals surface area (Å²) in [5, 5.41) is 8.76. The molecule has 6 heteroatoms. The summed E-state index contributed by atoms with van der Waals surface area (Å²) in [6.45, 7) is 5.28. The maximum absolute atomic E-state index is 8.76. The number of aliphatic hydroxyl groups excluding tert-OH is 1. The second kappa shape index (κ2) is 8.40. The average molecular weight is 226 g/mol. The number of likely N-dealkylation sites (N-methyl/N-ethyl adjacent to an activating group) is 1. The third kappa shape index (κ3) is 5.74. The zero-order valence-electron chi connectivity index (χ0n) is 8.56. The number of nitrogens with two attached hydrogens (primary N) is 1. The van der Waals surface area contributed by atoms with Gasteiger partial charge < -0.3 is 15.7 Å². The number of hydrogen-bond donors (Lipinski definition) is 3. The first-order valence-electron chi connectivity index (χ1n) is 4.66. The topological polar surface area (TPSA) is 73.0 Å². The summed E-state index contributed by atoms with van der Waals surface area (Å²) in [4.78, 5) is 4.61. The fourth-order valence-corrected chi connectivity index (χ4v) is 1.42. The van der Waals surface area contributed by atoms with Crippen LogP contribution in [0.2, 0.25) is 0 Å². The third-order valence-corrected chi connectivity index (χ3v) is 2.32. The molecule has 1 atom stereocenters. The highest BCUT2D eigenvalue weighted by atomic mass is 35.5. The maximum Gasteiger partial charge on any atom is 0.0595 e. The van der Waals surface area contributed by atoms with Gasteiger partial charge in [0, 0.05) is 38.8 Å². The Balaban J connectivity index is 0.000000791. The van der Waals surface area contributed by atoms with E-state index in [2.05, 4.69) is 28.7 Å². The number of aliphatic hydroxyl groups is 1. The molecule has 1 saturated heterocycles. The molecule has 0 aliphatic carbocycles. The predicted molar refractivity (Wildman–Crippen MR) is 57.1 cm³/mol. The highest BCUT2D eigenvalue weighted by Gasteiger charge is 2.15. The number of nitrogens with zero attached hydrogens (tertiary/aromatic N) is 2. The molecule has 1 aliphatic rings.